The molecule has 0 amide bonds. The molecule has 39 heavy (non-hydrogen) atoms. The topological polar surface area (TPSA) is 73.9 Å². The third kappa shape index (κ3) is 7.83. The van der Waals surface area contributed by atoms with Crippen LogP contribution in [0.1, 0.15) is 47.9 Å². The fourth-order valence-corrected chi connectivity index (χ4v) is 4.11. The van der Waals surface area contributed by atoms with Crippen molar-refractivity contribution in [2.45, 2.75) is 39.5 Å². The Balaban J connectivity index is 1.61. The fourth-order valence-electron chi connectivity index (χ4n) is 3.78. The summed E-state index contributed by atoms with van der Waals surface area (Å²) >= 11 is 12.5. The fraction of sp³-hybridized carbons (Fsp3) is 0.290. The zero-order chi connectivity index (χ0) is 28.7. The first-order valence-electron chi connectivity index (χ1n) is 12.4. The SMILES string of the molecule is C=C(C#CCCCCC#Cc1cn(C)nc1-c1cc(Cl)c(C)cc1O)/C(=N\N(C)C)c1cc(Cl)c(C)cc1O. The molecule has 1 aromatic heterocycles. The summed E-state index contributed by atoms with van der Waals surface area (Å²) in [6.07, 6.45) is 4.94. The predicted molar refractivity (Wildman–Crippen MR) is 160 cm³/mol. The average Bonchev–Trinajstić information content (AvgIpc) is 3.23. The smallest absolute Gasteiger partial charge is 0.125 e. The molecule has 2 N–H and O–H groups in total. The molecule has 8 heteroatoms. The minimum Gasteiger partial charge on any atom is -0.507 e. The van der Waals surface area contributed by atoms with Gasteiger partial charge in [0.1, 0.15) is 22.9 Å². The summed E-state index contributed by atoms with van der Waals surface area (Å²) in [6.45, 7) is 7.74. The standard InChI is InChI=1S/C31H32Cl2N4O2/c1-20(30(34-36(4)5)24-17-26(32)21(2)15-28(24)38)13-11-9-7-8-10-12-14-23-19-37(6)35-31(23)25-18-27(33)22(3)16-29(25)39/h15-19,38-39H,1,7-10H2,2-6H3/b34-30+. The second kappa shape index (κ2) is 13.3. The molecule has 2 aromatic carbocycles. The van der Waals surface area contributed by atoms with E-state index in [1.807, 2.05) is 27.1 Å². The number of hydrogen-bond donors (Lipinski definition) is 2. The summed E-state index contributed by atoms with van der Waals surface area (Å²) in [6, 6.07) is 6.64. The van der Waals surface area contributed by atoms with Gasteiger partial charge >= 0.3 is 0 Å². The Hall–Kier alpha value is -3.84. The van der Waals surface area contributed by atoms with Crippen LogP contribution in [0.2, 0.25) is 10.0 Å². The quantitative estimate of drug-likeness (QED) is 0.143. The average molecular weight is 564 g/mol. The molecular weight excluding hydrogens is 531 g/mol. The zero-order valence-corrected chi connectivity index (χ0v) is 24.4. The number of phenolic OH excluding ortho intramolecular Hbond substituents is 2. The number of phenols is 2. The molecule has 0 saturated heterocycles. The maximum atomic E-state index is 10.5. The summed E-state index contributed by atoms with van der Waals surface area (Å²) in [5.41, 5.74) is 4.94. The van der Waals surface area contributed by atoms with Crippen LogP contribution in [0, 0.1) is 37.5 Å². The second-order valence-corrected chi connectivity index (χ2v) is 10.2. The van der Waals surface area contributed by atoms with Gasteiger partial charge in [-0.1, -0.05) is 53.5 Å². The van der Waals surface area contributed by atoms with Crippen molar-refractivity contribution in [3.63, 3.8) is 0 Å². The van der Waals surface area contributed by atoms with Gasteiger partial charge in [-0.25, -0.2) is 0 Å². The molecule has 0 radical (unpaired) electrons. The van der Waals surface area contributed by atoms with Gasteiger partial charge in [0.25, 0.3) is 0 Å². The van der Waals surface area contributed by atoms with Crippen molar-refractivity contribution in [2.24, 2.45) is 12.1 Å². The Morgan fingerprint density at radius 3 is 2.28 bits per heavy atom. The van der Waals surface area contributed by atoms with Crippen LogP contribution < -0.4 is 0 Å². The lowest BCUT2D eigenvalue weighted by atomic mass is 10.0. The van der Waals surface area contributed by atoms with Crippen LogP contribution in [0.3, 0.4) is 0 Å². The van der Waals surface area contributed by atoms with Crippen LogP contribution in [0.4, 0.5) is 0 Å². The summed E-state index contributed by atoms with van der Waals surface area (Å²) in [5, 5.41) is 32.5. The highest BCUT2D eigenvalue weighted by Crippen LogP contribution is 2.34. The van der Waals surface area contributed by atoms with Gasteiger partial charge in [0.2, 0.25) is 0 Å². The first kappa shape index (κ1) is 29.7. The number of aryl methyl sites for hydroxylation is 3. The van der Waals surface area contributed by atoms with Crippen LogP contribution in [0.5, 0.6) is 11.5 Å². The van der Waals surface area contributed by atoms with E-state index in [9.17, 15) is 10.2 Å². The molecule has 202 valence electrons. The van der Waals surface area contributed by atoms with E-state index in [4.69, 9.17) is 23.2 Å². The molecule has 0 spiro atoms. The van der Waals surface area contributed by atoms with Gasteiger partial charge in [-0.3, -0.25) is 4.68 Å². The number of hydrogen-bond acceptors (Lipinski definition) is 5. The third-order valence-electron chi connectivity index (χ3n) is 5.79. The van der Waals surface area contributed by atoms with Crippen molar-refractivity contribution in [1.29, 1.82) is 0 Å². The lowest BCUT2D eigenvalue weighted by Crippen LogP contribution is -2.12. The molecule has 0 aliphatic carbocycles. The van der Waals surface area contributed by atoms with E-state index in [0.29, 0.717) is 51.0 Å². The number of aromatic nitrogens is 2. The number of allylic oxidation sites excluding steroid dienone is 1. The highest BCUT2D eigenvalue weighted by molar-refractivity contribution is 6.32. The van der Waals surface area contributed by atoms with Crippen molar-refractivity contribution in [1.82, 2.24) is 14.8 Å². The van der Waals surface area contributed by atoms with Crippen molar-refractivity contribution in [2.75, 3.05) is 14.1 Å². The van der Waals surface area contributed by atoms with E-state index >= 15 is 0 Å². The van der Waals surface area contributed by atoms with Crippen LogP contribution in [0.15, 0.2) is 47.7 Å². The molecule has 0 saturated carbocycles. The van der Waals surface area contributed by atoms with Gasteiger partial charge in [0.05, 0.1) is 5.56 Å². The van der Waals surface area contributed by atoms with Crippen molar-refractivity contribution >= 4 is 28.9 Å². The minimum atomic E-state index is 0.0801. The first-order valence-corrected chi connectivity index (χ1v) is 13.2. The van der Waals surface area contributed by atoms with Crippen molar-refractivity contribution < 1.29 is 10.2 Å². The lowest BCUT2D eigenvalue weighted by molar-refractivity contribution is 0.437. The van der Waals surface area contributed by atoms with Gasteiger partial charge in [0, 0.05) is 66.9 Å². The Morgan fingerprint density at radius 2 is 1.62 bits per heavy atom. The molecule has 3 aromatic rings. The number of aromatic hydroxyl groups is 2. The van der Waals surface area contributed by atoms with Crippen LogP contribution in [-0.4, -0.2) is 44.8 Å². The Morgan fingerprint density at radius 1 is 1.00 bits per heavy atom. The van der Waals surface area contributed by atoms with Gasteiger partial charge < -0.3 is 15.2 Å². The molecule has 0 aliphatic heterocycles. The molecule has 0 atom stereocenters. The Labute approximate surface area is 240 Å². The number of halogens is 2. The lowest BCUT2D eigenvalue weighted by Gasteiger charge is -2.13. The molecule has 1 heterocycles. The maximum absolute atomic E-state index is 10.5. The van der Waals surface area contributed by atoms with E-state index in [0.717, 1.165) is 29.5 Å². The highest BCUT2D eigenvalue weighted by atomic mass is 35.5. The van der Waals surface area contributed by atoms with Crippen LogP contribution in [0.25, 0.3) is 11.3 Å². The number of benzene rings is 2. The largest absolute Gasteiger partial charge is 0.507 e. The van der Waals surface area contributed by atoms with Gasteiger partial charge in [-0.15, -0.1) is 0 Å². The maximum Gasteiger partial charge on any atom is 0.125 e. The minimum absolute atomic E-state index is 0.0801. The second-order valence-electron chi connectivity index (χ2n) is 9.39. The normalized spacial score (nSPS) is 10.9. The van der Waals surface area contributed by atoms with E-state index in [1.54, 1.807) is 48.1 Å². The van der Waals surface area contributed by atoms with Crippen LogP contribution >= 0.6 is 23.2 Å². The summed E-state index contributed by atoms with van der Waals surface area (Å²) < 4.78 is 1.67. The molecular formula is C31H32Cl2N4O2. The molecule has 6 nitrogen and oxygen atoms in total. The summed E-state index contributed by atoms with van der Waals surface area (Å²) in [4.78, 5) is 0. The summed E-state index contributed by atoms with van der Waals surface area (Å²) in [7, 11) is 5.40. The Kier molecular flexibility index (Phi) is 10.1. The van der Waals surface area contributed by atoms with E-state index < -0.39 is 0 Å². The molecule has 0 unspecified atom stereocenters. The Bertz CT molecular complexity index is 1550. The summed E-state index contributed by atoms with van der Waals surface area (Å²) in [5.74, 6) is 12.8. The number of nitrogens with zero attached hydrogens (tertiary/aromatic N) is 4. The third-order valence-corrected chi connectivity index (χ3v) is 6.61. The number of rotatable bonds is 7. The number of unbranched alkanes of at least 4 members (excludes halogenated alkanes) is 3. The van der Waals surface area contributed by atoms with Gasteiger partial charge in [-0.05, 0) is 62.1 Å². The van der Waals surface area contributed by atoms with Crippen molar-refractivity contribution in [3.8, 4) is 46.4 Å². The van der Waals surface area contributed by atoms with E-state index in [2.05, 4.69) is 40.5 Å². The molecule has 0 aliphatic rings. The van der Waals surface area contributed by atoms with E-state index in [-0.39, 0.29) is 11.5 Å². The van der Waals surface area contributed by atoms with E-state index in [1.165, 1.54) is 0 Å². The van der Waals surface area contributed by atoms with Gasteiger partial charge in [-0.2, -0.15) is 10.2 Å². The van der Waals surface area contributed by atoms with Crippen molar-refractivity contribution in [3.05, 3.63) is 74.9 Å². The predicted octanol–water partition coefficient (Wildman–Crippen LogP) is 6.86. The molecule has 0 fully saturated rings. The van der Waals surface area contributed by atoms with Gasteiger partial charge in [0.15, 0.2) is 0 Å². The molecule has 0 bridgehead atoms. The molecule has 3 rings (SSSR count). The number of hydrazone groups is 1. The first-order chi connectivity index (χ1) is 18.5. The van der Waals surface area contributed by atoms with Crippen LogP contribution in [-0.2, 0) is 7.05 Å². The highest BCUT2D eigenvalue weighted by Gasteiger charge is 2.16. The monoisotopic (exact) mass is 562 g/mol. The zero-order valence-electron chi connectivity index (χ0n) is 22.9.